The number of nitrogens with zero attached hydrogens (tertiary/aromatic N) is 3. The van der Waals surface area contributed by atoms with Crippen molar-refractivity contribution in [3.63, 3.8) is 0 Å². The highest BCUT2D eigenvalue weighted by atomic mass is 32.2. The summed E-state index contributed by atoms with van der Waals surface area (Å²) in [5, 5.41) is 12.1. The summed E-state index contributed by atoms with van der Waals surface area (Å²) in [7, 11) is 4.03. The number of para-hydroxylation sites is 1. The molecule has 1 aliphatic carbocycles. The summed E-state index contributed by atoms with van der Waals surface area (Å²) >= 11 is 7.26. The van der Waals surface area contributed by atoms with Crippen molar-refractivity contribution in [3.05, 3.63) is 48.5 Å². The van der Waals surface area contributed by atoms with E-state index in [0.717, 1.165) is 48.1 Å². The predicted molar refractivity (Wildman–Crippen MR) is 141 cm³/mol. The zero-order valence-electron chi connectivity index (χ0n) is 18.8. The molecule has 32 heavy (non-hydrogen) atoms. The van der Waals surface area contributed by atoms with E-state index >= 15 is 0 Å². The summed E-state index contributed by atoms with van der Waals surface area (Å²) in [4.78, 5) is 12.8. The van der Waals surface area contributed by atoms with Gasteiger partial charge in [0.2, 0.25) is 5.95 Å². The van der Waals surface area contributed by atoms with Crippen molar-refractivity contribution in [3.8, 4) is 0 Å². The fourth-order valence-corrected chi connectivity index (χ4v) is 4.75. The van der Waals surface area contributed by atoms with Crippen LogP contribution in [0.25, 0.3) is 10.9 Å². The van der Waals surface area contributed by atoms with Crippen LogP contribution in [0.5, 0.6) is 0 Å². The van der Waals surface area contributed by atoms with Gasteiger partial charge < -0.3 is 20.9 Å². The number of hydrogen-bond donors (Lipinski definition) is 3. The standard InChI is InChI=1S/C24H30N6S2/c1-30(2)22-20-6-4-5-7-21(20)28-23(29-22)25-16-8-10-17(11-9-16)26-24(31)27-18-12-14-19(32-3)15-13-18/h4-7,12-17H,8-11H2,1-3H3,(H,25,28,29)(H2,26,27,31). The fraction of sp³-hybridized carbons (Fsp3) is 0.375. The third kappa shape index (κ3) is 5.61. The first-order valence-electron chi connectivity index (χ1n) is 10.9. The number of thiocarbonyl (C=S) groups is 1. The van der Waals surface area contributed by atoms with Gasteiger partial charge in [-0.1, -0.05) is 12.1 Å². The molecule has 0 atom stereocenters. The maximum atomic E-state index is 5.53. The van der Waals surface area contributed by atoms with Gasteiger partial charge in [0.1, 0.15) is 5.82 Å². The predicted octanol–water partition coefficient (Wildman–Crippen LogP) is 5.13. The first kappa shape index (κ1) is 22.6. The molecule has 4 rings (SSSR count). The Labute approximate surface area is 199 Å². The second kappa shape index (κ2) is 10.4. The molecule has 0 bridgehead atoms. The SMILES string of the molecule is CSc1ccc(NC(=S)NC2CCC(Nc3nc(N(C)C)c4ccccc4n3)CC2)cc1. The molecule has 2 aromatic carbocycles. The second-order valence-corrected chi connectivity index (χ2v) is 9.59. The van der Waals surface area contributed by atoms with Gasteiger partial charge in [-0.2, -0.15) is 4.98 Å². The Morgan fingerprint density at radius 2 is 1.66 bits per heavy atom. The minimum atomic E-state index is 0.366. The molecule has 8 heteroatoms. The Morgan fingerprint density at radius 1 is 0.969 bits per heavy atom. The van der Waals surface area contributed by atoms with E-state index in [-0.39, 0.29) is 0 Å². The smallest absolute Gasteiger partial charge is 0.225 e. The molecular formula is C24H30N6S2. The van der Waals surface area contributed by atoms with Crippen LogP contribution in [-0.2, 0) is 0 Å². The van der Waals surface area contributed by atoms with E-state index in [1.807, 2.05) is 37.2 Å². The number of fused-ring (bicyclic) bond motifs is 1. The number of nitrogens with one attached hydrogen (secondary N) is 3. The lowest BCUT2D eigenvalue weighted by Gasteiger charge is -2.30. The van der Waals surface area contributed by atoms with E-state index in [4.69, 9.17) is 22.2 Å². The van der Waals surface area contributed by atoms with Crippen LogP contribution in [0.3, 0.4) is 0 Å². The van der Waals surface area contributed by atoms with Crippen molar-refractivity contribution in [2.24, 2.45) is 0 Å². The molecule has 6 nitrogen and oxygen atoms in total. The summed E-state index contributed by atoms with van der Waals surface area (Å²) in [5.74, 6) is 1.64. The van der Waals surface area contributed by atoms with Gasteiger partial charge in [0.25, 0.3) is 0 Å². The Balaban J connectivity index is 1.30. The third-order valence-electron chi connectivity index (χ3n) is 5.75. The summed E-state index contributed by atoms with van der Waals surface area (Å²) < 4.78 is 0. The lowest BCUT2D eigenvalue weighted by molar-refractivity contribution is 0.387. The van der Waals surface area contributed by atoms with Gasteiger partial charge >= 0.3 is 0 Å². The maximum Gasteiger partial charge on any atom is 0.225 e. The molecule has 0 aliphatic heterocycles. The molecule has 0 amide bonds. The van der Waals surface area contributed by atoms with Crippen LogP contribution >= 0.6 is 24.0 Å². The topological polar surface area (TPSA) is 65.1 Å². The monoisotopic (exact) mass is 466 g/mol. The van der Waals surface area contributed by atoms with E-state index in [9.17, 15) is 0 Å². The molecule has 1 aliphatic rings. The van der Waals surface area contributed by atoms with Crippen molar-refractivity contribution >= 4 is 57.4 Å². The van der Waals surface area contributed by atoms with Crippen LogP contribution in [-0.4, -0.2) is 47.5 Å². The van der Waals surface area contributed by atoms with Gasteiger partial charge in [-0.05, 0) is 80.6 Å². The highest BCUT2D eigenvalue weighted by Crippen LogP contribution is 2.26. The molecule has 3 N–H and O–H groups in total. The van der Waals surface area contributed by atoms with Crippen LogP contribution in [0.15, 0.2) is 53.4 Å². The lowest BCUT2D eigenvalue weighted by atomic mass is 9.91. The first-order valence-corrected chi connectivity index (χ1v) is 12.6. The largest absolute Gasteiger partial charge is 0.362 e. The Morgan fingerprint density at radius 3 is 2.34 bits per heavy atom. The second-order valence-electron chi connectivity index (χ2n) is 8.30. The lowest BCUT2D eigenvalue weighted by Crippen LogP contribution is -2.42. The Kier molecular flexibility index (Phi) is 7.32. The third-order valence-corrected chi connectivity index (χ3v) is 6.71. The van der Waals surface area contributed by atoms with E-state index in [0.29, 0.717) is 23.1 Å². The van der Waals surface area contributed by atoms with E-state index < -0.39 is 0 Å². The highest BCUT2D eigenvalue weighted by molar-refractivity contribution is 7.98. The van der Waals surface area contributed by atoms with Gasteiger partial charge in [-0.25, -0.2) is 4.98 Å². The van der Waals surface area contributed by atoms with Crippen LogP contribution in [0.1, 0.15) is 25.7 Å². The molecule has 168 valence electrons. The fourth-order valence-electron chi connectivity index (χ4n) is 4.06. The van der Waals surface area contributed by atoms with Crippen LogP contribution in [0, 0.1) is 0 Å². The molecule has 1 heterocycles. The minimum absolute atomic E-state index is 0.366. The zero-order chi connectivity index (χ0) is 22.5. The average molecular weight is 467 g/mol. The first-order chi connectivity index (χ1) is 15.5. The quantitative estimate of drug-likeness (QED) is 0.341. The van der Waals surface area contributed by atoms with Crippen molar-refractivity contribution in [1.29, 1.82) is 0 Å². The van der Waals surface area contributed by atoms with Gasteiger partial charge in [-0.15, -0.1) is 11.8 Å². The van der Waals surface area contributed by atoms with Crippen molar-refractivity contribution in [1.82, 2.24) is 15.3 Å². The summed E-state index contributed by atoms with van der Waals surface area (Å²) in [6.07, 6.45) is 6.29. The van der Waals surface area contributed by atoms with E-state index in [2.05, 4.69) is 52.5 Å². The van der Waals surface area contributed by atoms with Gasteiger partial charge in [0.05, 0.1) is 5.52 Å². The van der Waals surface area contributed by atoms with Crippen LogP contribution in [0.2, 0.25) is 0 Å². The molecule has 0 unspecified atom stereocenters. The molecule has 0 radical (unpaired) electrons. The van der Waals surface area contributed by atoms with Crippen molar-refractivity contribution in [2.75, 3.05) is 35.9 Å². The summed E-state index contributed by atoms with van der Waals surface area (Å²) in [5.41, 5.74) is 1.98. The van der Waals surface area contributed by atoms with Gasteiger partial charge in [0, 0.05) is 42.1 Å². The average Bonchev–Trinajstić information content (AvgIpc) is 2.80. The Hall–Kier alpha value is -2.58. The molecule has 3 aromatic rings. The summed E-state index contributed by atoms with van der Waals surface area (Å²) in [6.45, 7) is 0. The van der Waals surface area contributed by atoms with Gasteiger partial charge in [0.15, 0.2) is 5.11 Å². The number of hydrogen-bond acceptors (Lipinski definition) is 6. The van der Waals surface area contributed by atoms with E-state index in [1.54, 1.807) is 11.8 Å². The number of benzene rings is 2. The normalized spacial score (nSPS) is 18.2. The molecule has 1 aromatic heterocycles. The molecule has 0 spiro atoms. The molecule has 1 saturated carbocycles. The van der Waals surface area contributed by atoms with Gasteiger partial charge in [-0.3, -0.25) is 0 Å². The Bertz CT molecular complexity index is 1060. The number of aromatic nitrogens is 2. The minimum Gasteiger partial charge on any atom is -0.362 e. The van der Waals surface area contributed by atoms with Crippen LogP contribution < -0.4 is 20.9 Å². The number of anilines is 3. The molecular weight excluding hydrogens is 436 g/mol. The van der Waals surface area contributed by atoms with Crippen molar-refractivity contribution < 1.29 is 0 Å². The zero-order valence-corrected chi connectivity index (χ0v) is 20.4. The maximum absolute atomic E-state index is 5.53. The highest BCUT2D eigenvalue weighted by Gasteiger charge is 2.22. The molecule has 1 fully saturated rings. The van der Waals surface area contributed by atoms with Crippen molar-refractivity contribution in [2.45, 2.75) is 42.7 Å². The number of thioether (sulfide) groups is 1. The molecule has 0 saturated heterocycles. The van der Waals surface area contributed by atoms with Crippen LogP contribution in [0.4, 0.5) is 17.5 Å². The van der Waals surface area contributed by atoms with E-state index in [1.165, 1.54) is 4.90 Å². The summed E-state index contributed by atoms with van der Waals surface area (Å²) in [6, 6.07) is 17.2. The number of rotatable bonds is 6.